The molecule has 1 aromatic heterocycles. The summed E-state index contributed by atoms with van der Waals surface area (Å²) in [5.41, 5.74) is 2.65. The molecule has 6 nitrogen and oxygen atoms in total. The van der Waals surface area contributed by atoms with E-state index in [0.717, 1.165) is 13.0 Å². The van der Waals surface area contributed by atoms with Gasteiger partial charge in [-0.15, -0.1) is 0 Å². The second-order valence-corrected chi connectivity index (χ2v) is 6.58. The van der Waals surface area contributed by atoms with E-state index in [2.05, 4.69) is 32.7 Å². The van der Waals surface area contributed by atoms with Gasteiger partial charge in [0.15, 0.2) is 0 Å². The molecule has 138 valence electrons. The second kappa shape index (κ2) is 8.95. The van der Waals surface area contributed by atoms with E-state index in [9.17, 15) is 4.79 Å². The standard InChI is InChI=1S/C21H23N5O/c1-15-24-19(21(27)26-18-10-6-5-9-17(18)14-22)13-20(25-15)23-12-11-16-7-3-2-4-8-16/h5-7,9-10,13H,2-4,8,11-12H2,1H3,(H,26,27)(H,23,24,25). The third kappa shape index (κ3) is 5.14. The number of allylic oxidation sites excluding steroid dienone is 1. The zero-order valence-corrected chi connectivity index (χ0v) is 15.5. The molecule has 0 atom stereocenters. The molecule has 0 bridgehead atoms. The highest BCUT2D eigenvalue weighted by Crippen LogP contribution is 2.20. The molecule has 0 saturated carbocycles. The number of nitrogens with zero attached hydrogens (tertiary/aromatic N) is 3. The second-order valence-electron chi connectivity index (χ2n) is 6.58. The van der Waals surface area contributed by atoms with Crippen LogP contribution >= 0.6 is 0 Å². The number of nitrogens with one attached hydrogen (secondary N) is 2. The minimum atomic E-state index is -0.360. The molecule has 0 saturated heterocycles. The molecule has 2 aromatic rings. The number of carbonyl (C=O) groups excluding carboxylic acids is 1. The van der Waals surface area contributed by atoms with Crippen LogP contribution in [-0.4, -0.2) is 22.4 Å². The Balaban J connectivity index is 1.66. The molecule has 1 aliphatic rings. The molecule has 3 rings (SSSR count). The summed E-state index contributed by atoms with van der Waals surface area (Å²) in [4.78, 5) is 21.2. The number of rotatable bonds is 6. The monoisotopic (exact) mass is 361 g/mol. The van der Waals surface area contributed by atoms with Crippen molar-refractivity contribution in [3.63, 3.8) is 0 Å². The quantitative estimate of drug-likeness (QED) is 0.752. The van der Waals surface area contributed by atoms with Crippen LogP contribution in [0.25, 0.3) is 0 Å². The molecule has 1 aromatic carbocycles. The van der Waals surface area contributed by atoms with Crippen molar-refractivity contribution in [2.75, 3.05) is 17.2 Å². The largest absolute Gasteiger partial charge is 0.370 e. The lowest BCUT2D eigenvalue weighted by atomic mass is 9.97. The first kappa shape index (κ1) is 18.6. The van der Waals surface area contributed by atoms with Gasteiger partial charge in [-0.3, -0.25) is 4.79 Å². The first-order valence-corrected chi connectivity index (χ1v) is 9.23. The van der Waals surface area contributed by atoms with Gasteiger partial charge in [0.25, 0.3) is 5.91 Å². The van der Waals surface area contributed by atoms with Gasteiger partial charge < -0.3 is 10.6 Å². The van der Waals surface area contributed by atoms with Crippen LogP contribution in [0.3, 0.4) is 0 Å². The zero-order valence-electron chi connectivity index (χ0n) is 15.5. The molecule has 6 heteroatoms. The van der Waals surface area contributed by atoms with Crippen molar-refractivity contribution >= 4 is 17.4 Å². The maximum absolute atomic E-state index is 12.6. The molecule has 27 heavy (non-hydrogen) atoms. The third-order valence-corrected chi connectivity index (χ3v) is 4.50. The fourth-order valence-corrected chi connectivity index (χ4v) is 3.13. The molecule has 0 fully saturated rings. The number of nitriles is 1. The Morgan fingerprint density at radius 3 is 2.89 bits per heavy atom. The van der Waals surface area contributed by atoms with E-state index in [-0.39, 0.29) is 11.6 Å². The topological polar surface area (TPSA) is 90.7 Å². The molecule has 0 radical (unpaired) electrons. The van der Waals surface area contributed by atoms with Gasteiger partial charge in [-0.2, -0.15) is 5.26 Å². The van der Waals surface area contributed by atoms with Crippen molar-refractivity contribution < 1.29 is 4.79 Å². The Hall–Kier alpha value is -3.20. The Kier molecular flexibility index (Phi) is 6.16. The van der Waals surface area contributed by atoms with Gasteiger partial charge in [-0.25, -0.2) is 9.97 Å². The van der Waals surface area contributed by atoms with E-state index in [1.54, 1.807) is 37.3 Å². The van der Waals surface area contributed by atoms with Crippen molar-refractivity contribution in [2.45, 2.75) is 39.0 Å². The summed E-state index contributed by atoms with van der Waals surface area (Å²) >= 11 is 0. The summed E-state index contributed by atoms with van der Waals surface area (Å²) in [6.45, 7) is 2.54. The Morgan fingerprint density at radius 1 is 1.26 bits per heavy atom. The van der Waals surface area contributed by atoms with Crippen LogP contribution in [0.1, 0.15) is 54.0 Å². The summed E-state index contributed by atoms with van der Waals surface area (Å²) in [6.07, 6.45) is 8.23. The van der Waals surface area contributed by atoms with Gasteiger partial charge in [0, 0.05) is 12.6 Å². The Morgan fingerprint density at radius 2 is 2.11 bits per heavy atom. The normalized spacial score (nSPS) is 13.4. The van der Waals surface area contributed by atoms with Crippen molar-refractivity contribution in [1.82, 2.24) is 9.97 Å². The maximum Gasteiger partial charge on any atom is 0.274 e. The van der Waals surface area contributed by atoms with Gasteiger partial charge in [-0.1, -0.05) is 23.8 Å². The average Bonchev–Trinajstić information content (AvgIpc) is 2.69. The minimum Gasteiger partial charge on any atom is -0.370 e. The van der Waals surface area contributed by atoms with Crippen LogP contribution in [-0.2, 0) is 0 Å². The summed E-state index contributed by atoms with van der Waals surface area (Å²) in [5, 5.41) is 15.2. The lowest BCUT2D eigenvalue weighted by Crippen LogP contribution is -2.16. The van der Waals surface area contributed by atoms with Crippen LogP contribution < -0.4 is 10.6 Å². The van der Waals surface area contributed by atoms with E-state index in [1.165, 1.54) is 31.3 Å². The van der Waals surface area contributed by atoms with Gasteiger partial charge in [0.05, 0.1) is 11.3 Å². The fraction of sp³-hybridized carbons (Fsp3) is 0.333. The van der Waals surface area contributed by atoms with E-state index < -0.39 is 0 Å². The zero-order chi connectivity index (χ0) is 19.1. The first-order valence-electron chi connectivity index (χ1n) is 9.23. The number of anilines is 2. The van der Waals surface area contributed by atoms with Crippen LogP contribution in [0, 0.1) is 18.3 Å². The van der Waals surface area contributed by atoms with Gasteiger partial charge in [0.2, 0.25) is 0 Å². The summed E-state index contributed by atoms with van der Waals surface area (Å²) < 4.78 is 0. The third-order valence-electron chi connectivity index (χ3n) is 4.50. The number of aromatic nitrogens is 2. The number of benzene rings is 1. The maximum atomic E-state index is 12.6. The lowest BCUT2D eigenvalue weighted by Gasteiger charge is -2.13. The molecule has 0 spiro atoms. The van der Waals surface area contributed by atoms with Gasteiger partial charge in [0.1, 0.15) is 23.4 Å². The number of hydrogen-bond donors (Lipinski definition) is 2. The SMILES string of the molecule is Cc1nc(NCCC2=CCCCC2)cc(C(=O)Nc2ccccc2C#N)n1. The van der Waals surface area contributed by atoms with Crippen LogP contribution in [0.15, 0.2) is 42.0 Å². The van der Waals surface area contributed by atoms with Crippen molar-refractivity contribution in [3.05, 3.63) is 59.1 Å². The number of carbonyl (C=O) groups is 1. The van der Waals surface area contributed by atoms with E-state index in [4.69, 9.17) is 5.26 Å². The lowest BCUT2D eigenvalue weighted by molar-refractivity contribution is 0.102. The minimum absolute atomic E-state index is 0.273. The number of aryl methyl sites for hydroxylation is 1. The predicted molar refractivity (Wildman–Crippen MR) is 106 cm³/mol. The van der Waals surface area contributed by atoms with Crippen LogP contribution in [0.5, 0.6) is 0 Å². The summed E-state index contributed by atoms with van der Waals surface area (Å²) in [7, 11) is 0. The molecule has 1 amide bonds. The van der Waals surface area contributed by atoms with Gasteiger partial charge in [-0.05, 0) is 51.2 Å². The first-order chi connectivity index (χ1) is 13.2. The van der Waals surface area contributed by atoms with Crippen molar-refractivity contribution in [3.8, 4) is 6.07 Å². The van der Waals surface area contributed by atoms with Crippen LogP contribution in [0.2, 0.25) is 0 Å². The molecule has 1 heterocycles. The molecular weight excluding hydrogens is 338 g/mol. The van der Waals surface area contributed by atoms with Crippen molar-refractivity contribution in [2.24, 2.45) is 0 Å². The van der Waals surface area contributed by atoms with E-state index >= 15 is 0 Å². The highest BCUT2D eigenvalue weighted by molar-refractivity contribution is 6.03. The Labute approximate surface area is 159 Å². The number of amides is 1. The Bertz CT molecular complexity index is 898. The van der Waals surface area contributed by atoms with E-state index in [0.29, 0.717) is 22.9 Å². The van der Waals surface area contributed by atoms with Crippen molar-refractivity contribution in [1.29, 1.82) is 5.26 Å². The molecule has 0 aliphatic heterocycles. The summed E-state index contributed by atoms with van der Waals surface area (Å²) in [6, 6.07) is 10.6. The number of para-hydroxylation sites is 1. The molecule has 2 N–H and O–H groups in total. The number of hydrogen-bond acceptors (Lipinski definition) is 5. The average molecular weight is 361 g/mol. The molecule has 0 unspecified atom stereocenters. The van der Waals surface area contributed by atoms with Gasteiger partial charge >= 0.3 is 0 Å². The van der Waals surface area contributed by atoms with E-state index in [1.807, 2.05) is 0 Å². The predicted octanol–water partition coefficient (Wildman–Crippen LogP) is 4.21. The molecule has 1 aliphatic carbocycles. The molecular formula is C21H23N5O. The summed E-state index contributed by atoms with van der Waals surface area (Å²) in [5.74, 6) is 0.800. The smallest absolute Gasteiger partial charge is 0.274 e. The highest BCUT2D eigenvalue weighted by Gasteiger charge is 2.13. The van der Waals surface area contributed by atoms with Crippen LogP contribution in [0.4, 0.5) is 11.5 Å². The highest BCUT2D eigenvalue weighted by atomic mass is 16.1. The fourth-order valence-electron chi connectivity index (χ4n) is 3.13.